The van der Waals surface area contributed by atoms with Crippen LogP contribution in [0, 0.1) is 0 Å². The Hall–Kier alpha value is -3.80. The minimum absolute atomic E-state index is 0.177. The fourth-order valence-corrected chi connectivity index (χ4v) is 3.92. The van der Waals surface area contributed by atoms with E-state index < -0.39 is 0 Å². The summed E-state index contributed by atoms with van der Waals surface area (Å²) in [4.78, 5) is 18.3. The molecular weight excluding hydrogens is 452 g/mol. The second kappa shape index (κ2) is 14.6. The van der Waals surface area contributed by atoms with Crippen LogP contribution in [0.1, 0.15) is 56.6 Å². The molecule has 0 radical (unpaired) electrons. The zero-order chi connectivity index (χ0) is 26.5. The molecule has 1 N–H and O–H groups in total. The number of carbonyl (C=O) groups is 1. The summed E-state index contributed by atoms with van der Waals surface area (Å²) in [7, 11) is 4.76. The van der Waals surface area contributed by atoms with Gasteiger partial charge in [-0.25, -0.2) is 4.98 Å². The van der Waals surface area contributed by atoms with Gasteiger partial charge in [0.25, 0.3) is 5.91 Å². The molecule has 192 valence electrons. The third kappa shape index (κ3) is 6.87. The Kier molecular flexibility index (Phi) is 11.5. The maximum absolute atomic E-state index is 13.5. The average Bonchev–Trinajstić information content (AvgIpc) is 3.09. The lowest BCUT2D eigenvalue weighted by molar-refractivity contribution is 0.0943. The Balaban J connectivity index is 0.00000222. The number of aromatic nitrogens is 1. The van der Waals surface area contributed by atoms with Gasteiger partial charge in [-0.15, -0.1) is 0 Å². The van der Waals surface area contributed by atoms with E-state index >= 15 is 0 Å². The van der Waals surface area contributed by atoms with Crippen LogP contribution >= 0.6 is 0 Å². The number of benzene rings is 1. The molecule has 1 unspecified atom stereocenters. The molecular formula is C30H38N2O4. The van der Waals surface area contributed by atoms with E-state index in [-0.39, 0.29) is 11.9 Å². The van der Waals surface area contributed by atoms with Crippen molar-refractivity contribution in [3.05, 3.63) is 95.3 Å². The van der Waals surface area contributed by atoms with Gasteiger partial charge in [-0.2, -0.15) is 0 Å². The van der Waals surface area contributed by atoms with Crippen molar-refractivity contribution in [2.75, 3.05) is 21.3 Å². The fraction of sp³-hybridized carbons (Fsp3) is 0.333. The van der Waals surface area contributed by atoms with Gasteiger partial charge in [0.2, 0.25) is 0 Å². The number of allylic oxidation sites excluding steroid dienone is 7. The van der Waals surface area contributed by atoms with Crippen LogP contribution in [0.5, 0.6) is 0 Å². The topological polar surface area (TPSA) is 69.7 Å². The number of pyridine rings is 1. The fourth-order valence-electron chi connectivity index (χ4n) is 3.92. The summed E-state index contributed by atoms with van der Waals surface area (Å²) >= 11 is 0. The molecule has 0 saturated carbocycles. The Morgan fingerprint density at radius 1 is 1.06 bits per heavy atom. The van der Waals surface area contributed by atoms with Crippen molar-refractivity contribution in [3.63, 3.8) is 0 Å². The van der Waals surface area contributed by atoms with Crippen LogP contribution in [0.2, 0.25) is 0 Å². The molecule has 2 aromatic rings. The predicted molar refractivity (Wildman–Crippen MR) is 147 cm³/mol. The number of hydrogen-bond donors (Lipinski definition) is 1. The van der Waals surface area contributed by atoms with E-state index in [4.69, 9.17) is 19.2 Å². The van der Waals surface area contributed by atoms with Gasteiger partial charge in [0.15, 0.2) is 11.5 Å². The van der Waals surface area contributed by atoms with Crippen LogP contribution in [0.15, 0.2) is 84.1 Å². The predicted octanol–water partition coefficient (Wildman–Crippen LogP) is 6.72. The van der Waals surface area contributed by atoms with Crippen LogP contribution in [0.4, 0.5) is 0 Å². The van der Waals surface area contributed by atoms with Gasteiger partial charge in [-0.3, -0.25) is 4.79 Å². The maximum Gasteiger partial charge on any atom is 0.252 e. The van der Waals surface area contributed by atoms with E-state index in [0.717, 1.165) is 22.2 Å². The Morgan fingerprint density at radius 3 is 2.44 bits per heavy atom. The number of nitrogens with zero attached hydrogens (tertiary/aromatic N) is 1. The third-order valence-electron chi connectivity index (χ3n) is 5.65. The number of rotatable bonds is 8. The number of para-hydroxylation sites is 1. The second-order valence-electron chi connectivity index (χ2n) is 7.72. The van der Waals surface area contributed by atoms with Crippen molar-refractivity contribution in [2.45, 2.75) is 46.6 Å². The van der Waals surface area contributed by atoms with E-state index in [9.17, 15) is 4.79 Å². The largest absolute Gasteiger partial charge is 0.497 e. The van der Waals surface area contributed by atoms with Gasteiger partial charge < -0.3 is 19.5 Å². The summed E-state index contributed by atoms with van der Waals surface area (Å²) < 4.78 is 16.5. The third-order valence-corrected chi connectivity index (χ3v) is 5.65. The van der Waals surface area contributed by atoms with E-state index in [1.54, 1.807) is 21.3 Å². The van der Waals surface area contributed by atoms with E-state index in [0.29, 0.717) is 35.7 Å². The molecule has 1 aromatic heterocycles. The smallest absolute Gasteiger partial charge is 0.252 e. The molecule has 1 amide bonds. The second-order valence-corrected chi connectivity index (χ2v) is 7.72. The number of amides is 1. The average molecular weight is 491 g/mol. The molecule has 1 aliphatic rings. The minimum Gasteiger partial charge on any atom is -0.497 e. The molecule has 6 heteroatoms. The first kappa shape index (κ1) is 28.4. The molecule has 3 rings (SSSR count). The van der Waals surface area contributed by atoms with Gasteiger partial charge in [0.05, 0.1) is 44.1 Å². The summed E-state index contributed by atoms with van der Waals surface area (Å²) in [6.07, 6.45) is 13.0. The van der Waals surface area contributed by atoms with Crippen molar-refractivity contribution in [3.8, 4) is 0 Å². The van der Waals surface area contributed by atoms with Gasteiger partial charge in [-0.05, 0) is 44.1 Å². The maximum atomic E-state index is 13.5. The van der Waals surface area contributed by atoms with E-state index in [2.05, 4.69) is 5.32 Å². The molecule has 0 aliphatic heterocycles. The Bertz CT molecular complexity index is 1190. The van der Waals surface area contributed by atoms with Crippen molar-refractivity contribution >= 4 is 22.4 Å². The Morgan fingerprint density at radius 2 is 1.81 bits per heavy atom. The molecule has 0 fully saturated rings. The van der Waals surface area contributed by atoms with Gasteiger partial charge >= 0.3 is 0 Å². The van der Waals surface area contributed by atoms with Crippen LogP contribution in [-0.4, -0.2) is 38.3 Å². The monoisotopic (exact) mass is 490 g/mol. The van der Waals surface area contributed by atoms with Gasteiger partial charge in [0.1, 0.15) is 5.76 Å². The molecule has 0 bridgehead atoms. The highest BCUT2D eigenvalue weighted by Gasteiger charge is 2.24. The number of nitrogens with one attached hydrogen (secondary N) is 1. The van der Waals surface area contributed by atoms with Crippen LogP contribution < -0.4 is 5.32 Å². The Labute approximate surface area is 215 Å². The summed E-state index contributed by atoms with van der Waals surface area (Å²) in [5.41, 5.74) is 3.02. The molecule has 0 saturated heterocycles. The molecule has 1 atom stereocenters. The van der Waals surface area contributed by atoms with Crippen LogP contribution in [-0.2, 0) is 14.2 Å². The van der Waals surface area contributed by atoms with Gasteiger partial charge in [-0.1, -0.05) is 62.4 Å². The summed E-state index contributed by atoms with van der Waals surface area (Å²) in [5.74, 6) is 1.59. The molecule has 36 heavy (non-hydrogen) atoms. The lowest BCUT2D eigenvalue weighted by Gasteiger charge is -2.16. The number of fused-ring (bicyclic) bond motifs is 1. The lowest BCUT2D eigenvalue weighted by Crippen LogP contribution is -2.34. The minimum atomic E-state index is -0.258. The van der Waals surface area contributed by atoms with E-state index in [1.165, 1.54) is 0 Å². The first-order valence-corrected chi connectivity index (χ1v) is 12.3. The SMILES string of the molecule is CC.C\C=C/C=C\C(=C/C)c1cc(C(=O)NC2C=C(OC)C(OC)=C(OC)CC2)c2ccccc2n1. The van der Waals surface area contributed by atoms with Gasteiger partial charge in [0, 0.05) is 11.8 Å². The zero-order valence-electron chi connectivity index (χ0n) is 22.4. The van der Waals surface area contributed by atoms with Crippen LogP contribution in [0.25, 0.3) is 16.5 Å². The summed E-state index contributed by atoms with van der Waals surface area (Å²) in [6.45, 7) is 7.93. The molecule has 1 aromatic carbocycles. The van der Waals surface area contributed by atoms with E-state index in [1.807, 2.05) is 94.5 Å². The van der Waals surface area contributed by atoms with Crippen LogP contribution in [0.3, 0.4) is 0 Å². The van der Waals surface area contributed by atoms with Crippen molar-refractivity contribution in [1.82, 2.24) is 10.3 Å². The lowest BCUT2D eigenvalue weighted by atomic mass is 10.0. The number of ether oxygens (including phenoxy) is 3. The normalized spacial score (nSPS) is 16.4. The quantitative estimate of drug-likeness (QED) is 0.416. The highest BCUT2D eigenvalue weighted by Crippen LogP contribution is 2.27. The first-order chi connectivity index (χ1) is 17.6. The highest BCUT2D eigenvalue weighted by molar-refractivity contribution is 6.07. The highest BCUT2D eigenvalue weighted by atomic mass is 16.5. The molecule has 6 nitrogen and oxygen atoms in total. The van der Waals surface area contributed by atoms with Crippen molar-refractivity contribution in [1.29, 1.82) is 0 Å². The standard InChI is InChI=1S/C28H32N2O4.C2H6/c1-6-8-9-12-19(7-2)24-18-22(21-13-10-11-14-23(21)30-24)28(31)29-20-15-16-25(32-3)27(34-5)26(17-20)33-4;1-2/h6-14,17-18,20H,15-16H2,1-5H3,(H,29,31);1-2H3/b8-6-,12-9-,19-7+;. The first-order valence-electron chi connectivity index (χ1n) is 12.3. The summed E-state index contributed by atoms with van der Waals surface area (Å²) in [6, 6.07) is 9.28. The number of hydrogen-bond acceptors (Lipinski definition) is 5. The molecule has 1 aliphatic carbocycles. The van der Waals surface area contributed by atoms with Crippen molar-refractivity contribution in [2.24, 2.45) is 0 Å². The molecule has 0 spiro atoms. The zero-order valence-corrected chi connectivity index (χ0v) is 22.4. The number of methoxy groups -OCH3 is 3. The van der Waals surface area contributed by atoms with Crippen molar-refractivity contribution < 1.29 is 19.0 Å². The molecule has 1 heterocycles. The summed E-state index contributed by atoms with van der Waals surface area (Å²) in [5, 5.41) is 3.95. The number of carbonyl (C=O) groups excluding carboxylic acids is 1.